The molecule has 1 aromatic rings. The van der Waals surface area contributed by atoms with E-state index in [1.807, 2.05) is 6.92 Å². The second-order valence-corrected chi connectivity index (χ2v) is 7.38. The van der Waals surface area contributed by atoms with Crippen LogP contribution in [0.15, 0.2) is 4.52 Å². The van der Waals surface area contributed by atoms with Gasteiger partial charge >= 0.3 is 0 Å². The van der Waals surface area contributed by atoms with Gasteiger partial charge < -0.3 is 14.2 Å². The van der Waals surface area contributed by atoms with Gasteiger partial charge in [-0.2, -0.15) is 4.98 Å². The molecule has 25 heavy (non-hydrogen) atoms. The number of carbonyl (C=O) groups excluding carboxylic acids is 1. The highest BCUT2D eigenvalue weighted by atomic mass is 16.5. The summed E-state index contributed by atoms with van der Waals surface area (Å²) >= 11 is 0. The van der Waals surface area contributed by atoms with Crippen LogP contribution in [-0.2, 0) is 16.0 Å². The van der Waals surface area contributed by atoms with E-state index in [4.69, 9.17) is 9.26 Å². The maximum atomic E-state index is 13.0. The summed E-state index contributed by atoms with van der Waals surface area (Å²) in [5.41, 5.74) is 0. The Morgan fingerprint density at radius 2 is 2.08 bits per heavy atom. The first-order valence-electron chi connectivity index (χ1n) is 9.74. The molecule has 0 aromatic carbocycles. The quantitative estimate of drug-likeness (QED) is 0.828. The number of ether oxygens (including phenoxy) is 1. The summed E-state index contributed by atoms with van der Waals surface area (Å²) in [4.78, 5) is 21.8. The zero-order chi connectivity index (χ0) is 17.2. The number of fused-ring (bicyclic) bond motifs is 1. The average molecular weight is 348 g/mol. The van der Waals surface area contributed by atoms with Crippen molar-refractivity contribution in [3.05, 3.63) is 11.7 Å². The van der Waals surface area contributed by atoms with Crippen LogP contribution in [0.2, 0.25) is 0 Å². The Bertz CT molecular complexity index is 603. The van der Waals surface area contributed by atoms with Crippen molar-refractivity contribution in [1.29, 1.82) is 0 Å². The molecule has 7 heteroatoms. The molecule has 0 N–H and O–H groups in total. The fraction of sp³-hybridized carbons (Fsp3) is 0.833. The lowest BCUT2D eigenvalue weighted by Gasteiger charge is -2.44. The number of aryl methyl sites for hydroxylation is 1. The van der Waals surface area contributed by atoms with Crippen molar-refractivity contribution in [3.8, 4) is 0 Å². The smallest absolute Gasteiger partial charge is 0.237 e. The van der Waals surface area contributed by atoms with Crippen LogP contribution in [0.3, 0.4) is 0 Å². The van der Waals surface area contributed by atoms with Crippen LogP contribution >= 0.6 is 0 Å². The summed E-state index contributed by atoms with van der Waals surface area (Å²) in [6.45, 7) is 4.77. The van der Waals surface area contributed by atoms with Crippen molar-refractivity contribution in [3.63, 3.8) is 0 Å². The van der Waals surface area contributed by atoms with Gasteiger partial charge in [0, 0.05) is 13.0 Å². The Hall–Kier alpha value is -1.47. The van der Waals surface area contributed by atoms with Gasteiger partial charge in [-0.3, -0.25) is 9.69 Å². The molecule has 2 saturated heterocycles. The van der Waals surface area contributed by atoms with Crippen LogP contribution < -0.4 is 0 Å². The first-order chi connectivity index (χ1) is 12.3. The Morgan fingerprint density at radius 1 is 1.20 bits per heavy atom. The van der Waals surface area contributed by atoms with Crippen LogP contribution in [0.1, 0.15) is 63.2 Å². The topological polar surface area (TPSA) is 71.7 Å². The lowest BCUT2D eigenvalue weighted by molar-refractivity contribution is -0.150. The van der Waals surface area contributed by atoms with E-state index in [0.29, 0.717) is 19.0 Å². The van der Waals surface area contributed by atoms with Crippen molar-refractivity contribution < 1.29 is 14.1 Å². The highest BCUT2D eigenvalue weighted by molar-refractivity contribution is 5.79. The van der Waals surface area contributed by atoms with Crippen LogP contribution in [0, 0.1) is 0 Å². The standard InChI is InChI=1S/C18H28N4O3/c1-2-16-19-18(20-25-16)14-7-5-9-21(14)12-17(23)22-10-11-24-15-8-4-3-6-13(15)22/h13-15H,2-12H2,1H3. The molecule has 7 nitrogen and oxygen atoms in total. The van der Waals surface area contributed by atoms with E-state index in [1.54, 1.807) is 0 Å². The Kier molecular flexibility index (Phi) is 5.03. The van der Waals surface area contributed by atoms with Crippen LogP contribution in [0.4, 0.5) is 0 Å². The average Bonchev–Trinajstić information content (AvgIpc) is 3.30. The second-order valence-electron chi connectivity index (χ2n) is 7.38. The van der Waals surface area contributed by atoms with Gasteiger partial charge in [-0.05, 0) is 32.2 Å². The predicted molar refractivity (Wildman–Crippen MR) is 90.9 cm³/mol. The lowest BCUT2D eigenvalue weighted by atomic mass is 9.90. The van der Waals surface area contributed by atoms with E-state index in [9.17, 15) is 4.79 Å². The third-order valence-corrected chi connectivity index (χ3v) is 5.84. The maximum absolute atomic E-state index is 13.0. The molecule has 0 bridgehead atoms. The van der Waals surface area contributed by atoms with Gasteiger partial charge in [0.1, 0.15) is 0 Å². The lowest BCUT2D eigenvalue weighted by Crippen LogP contribution is -2.56. The minimum Gasteiger partial charge on any atom is -0.374 e. The molecule has 3 atom stereocenters. The molecule has 2 aliphatic heterocycles. The van der Waals surface area contributed by atoms with Crippen molar-refractivity contribution in [2.45, 2.75) is 70.1 Å². The molecule has 3 aliphatic rings. The highest BCUT2D eigenvalue weighted by Gasteiger charge is 2.38. The van der Waals surface area contributed by atoms with Crippen molar-refractivity contribution in [1.82, 2.24) is 19.9 Å². The Balaban J connectivity index is 1.42. The molecule has 3 unspecified atom stereocenters. The fourth-order valence-corrected chi connectivity index (χ4v) is 4.53. The molecular weight excluding hydrogens is 320 g/mol. The maximum Gasteiger partial charge on any atom is 0.237 e. The molecule has 3 heterocycles. The summed E-state index contributed by atoms with van der Waals surface area (Å²) in [5, 5.41) is 4.13. The number of amides is 1. The minimum absolute atomic E-state index is 0.108. The molecular formula is C18H28N4O3. The van der Waals surface area contributed by atoms with E-state index in [-0.39, 0.29) is 24.1 Å². The van der Waals surface area contributed by atoms with Gasteiger partial charge in [0.15, 0.2) is 5.82 Å². The van der Waals surface area contributed by atoms with Gasteiger partial charge in [0.2, 0.25) is 11.8 Å². The van der Waals surface area contributed by atoms with Crippen molar-refractivity contribution in [2.75, 3.05) is 26.2 Å². The number of nitrogens with zero attached hydrogens (tertiary/aromatic N) is 4. The third kappa shape index (κ3) is 3.44. The summed E-state index contributed by atoms with van der Waals surface area (Å²) < 4.78 is 11.2. The van der Waals surface area contributed by atoms with Crippen molar-refractivity contribution in [2.24, 2.45) is 0 Å². The number of carbonyl (C=O) groups is 1. The summed E-state index contributed by atoms with van der Waals surface area (Å²) in [7, 11) is 0. The molecule has 1 saturated carbocycles. The summed E-state index contributed by atoms with van der Waals surface area (Å²) in [5.74, 6) is 1.64. The van der Waals surface area contributed by atoms with E-state index < -0.39 is 0 Å². The molecule has 138 valence electrons. The van der Waals surface area contributed by atoms with E-state index in [1.165, 1.54) is 12.8 Å². The van der Waals surface area contributed by atoms with E-state index >= 15 is 0 Å². The van der Waals surface area contributed by atoms with Gasteiger partial charge in [-0.15, -0.1) is 0 Å². The van der Waals surface area contributed by atoms with E-state index in [0.717, 1.165) is 51.0 Å². The zero-order valence-corrected chi connectivity index (χ0v) is 15.0. The van der Waals surface area contributed by atoms with Crippen LogP contribution in [0.25, 0.3) is 0 Å². The number of rotatable bonds is 4. The van der Waals surface area contributed by atoms with Crippen LogP contribution in [0.5, 0.6) is 0 Å². The van der Waals surface area contributed by atoms with Gasteiger partial charge in [-0.25, -0.2) is 0 Å². The fourth-order valence-electron chi connectivity index (χ4n) is 4.53. The number of aromatic nitrogens is 2. The molecule has 1 aromatic heterocycles. The monoisotopic (exact) mass is 348 g/mol. The Morgan fingerprint density at radius 3 is 2.92 bits per heavy atom. The van der Waals surface area contributed by atoms with E-state index in [2.05, 4.69) is 19.9 Å². The molecule has 1 amide bonds. The van der Waals surface area contributed by atoms with Gasteiger partial charge in [0.05, 0.1) is 31.3 Å². The van der Waals surface area contributed by atoms with Crippen LogP contribution in [-0.4, -0.2) is 64.2 Å². The first kappa shape index (κ1) is 17.0. The Labute approximate surface area is 148 Å². The normalized spacial score (nSPS) is 30.4. The van der Waals surface area contributed by atoms with Gasteiger partial charge in [0.25, 0.3) is 0 Å². The molecule has 1 aliphatic carbocycles. The first-order valence-corrected chi connectivity index (χ1v) is 9.74. The molecule has 4 rings (SSSR count). The number of likely N-dealkylation sites (tertiary alicyclic amines) is 1. The second kappa shape index (κ2) is 7.41. The summed E-state index contributed by atoms with van der Waals surface area (Å²) in [6.07, 6.45) is 7.63. The zero-order valence-electron chi connectivity index (χ0n) is 15.0. The largest absolute Gasteiger partial charge is 0.374 e. The SMILES string of the molecule is CCc1nc(C2CCCN2CC(=O)N2CCOC3CCCCC32)no1. The molecule has 0 spiro atoms. The third-order valence-electron chi connectivity index (χ3n) is 5.84. The predicted octanol–water partition coefficient (Wildman–Crippen LogP) is 1.94. The highest BCUT2D eigenvalue weighted by Crippen LogP contribution is 2.32. The minimum atomic E-state index is 0.108. The van der Waals surface area contributed by atoms with Crippen molar-refractivity contribution >= 4 is 5.91 Å². The number of hydrogen-bond acceptors (Lipinski definition) is 6. The van der Waals surface area contributed by atoms with Gasteiger partial charge in [-0.1, -0.05) is 24.9 Å². The number of hydrogen-bond donors (Lipinski definition) is 0. The molecule has 3 fully saturated rings. The number of morpholine rings is 1. The summed E-state index contributed by atoms with van der Waals surface area (Å²) in [6, 6.07) is 0.379. The molecule has 0 radical (unpaired) electrons.